The van der Waals surface area contributed by atoms with Gasteiger partial charge in [0.2, 0.25) is 0 Å². The highest BCUT2D eigenvalue weighted by Gasteiger charge is 2.14. The maximum absolute atomic E-state index is 11.3. The van der Waals surface area contributed by atoms with Crippen LogP contribution in [0.25, 0.3) is 11.4 Å². The minimum Gasteiger partial charge on any atom is -0.298 e. The molecule has 3 aromatic rings. The van der Waals surface area contributed by atoms with E-state index < -0.39 is 0 Å². The summed E-state index contributed by atoms with van der Waals surface area (Å²) >= 11 is 3.52. The van der Waals surface area contributed by atoms with Crippen molar-refractivity contribution in [3.63, 3.8) is 0 Å². The van der Waals surface area contributed by atoms with Gasteiger partial charge >= 0.3 is 0 Å². The van der Waals surface area contributed by atoms with Crippen molar-refractivity contribution in [3.05, 3.63) is 58.3 Å². The van der Waals surface area contributed by atoms with E-state index in [1.807, 2.05) is 37.4 Å². The van der Waals surface area contributed by atoms with Crippen LogP contribution in [0.2, 0.25) is 0 Å². The lowest BCUT2D eigenvalue weighted by Gasteiger charge is -2.04. The third kappa shape index (κ3) is 2.67. The second-order valence-electron chi connectivity index (χ2n) is 4.68. The van der Waals surface area contributed by atoms with E-state index in [1.165, 1.54) is 0 Å². The van der Waals surface area contributed by atoms with Gasteiger partial charge in [-0.15, -0.1) is 0 Å². The molecule has 0 spiro atoms. The average molecular weight is 345 g/mol. The Hall–Kier alpha value is -2.21. The number of carbonyl (C=O) groups excluding carboxylic acids is 1. The fourth-order valence-corrected chi connectivity index (χ4v) is 2.62. The molecule has 5 nitrogen and oxygen atoms in total. The van der Waals surface area contributed by atoms with Crippen molar-refractivity contribution in [2.75, 3.05) is 0 Å². The number of nitrogens with zero attached hydrogens (tertiary/aromatic N) is 4. The van der Waals surface area contributed by atoms with E-state index >= 15 is 0 Å². The normalized spacial score (nSPS) is 10.8. The molecule has 0 amide bonds. The highest BCUT2D eigenvalue weighted by atomic mass is 79.9. The fraction of sp³-hybridized carbons (Fsp3) is 0.133. The number of hydrogen-bond acceptors (Lipinski definition) is 3. The van der Waals surface area contributed by atoms with Gasteiger partial charge in [0.1, 0.15) is 5.69 Å². The van der Waals surface area contributed by atoms with Crippen LogP contribution in [0.3, 0.4) is 0 Å². The zero-order chi connectivity index (χ0) is 14.8. The average Bonchev–Trinajstić information content (AvgIpc) is 3.07. The van der Waals surface area contributed by atoms with E-state index in [4.69, 9.17) is 0 Å². The first kappa shape index (κ1) is 13.8. The van der Waals surface area contributed by atoms with Crippen LogP contribution in [0.1, 0.15) is 15.9 Å². The summed E-state index contributed by atoms with van der Waals surface area (Å²) in [7, 11) is 1.83. The summed E-state index contributed by atoms with van der Waals surface area (Å²) in [6.45, 7) is 0.597. The summed E-state index contributed by atoms with van der Waals surface area (Å²) in [5, 5.41) is 8.64. The molecule has 0 saturated heterocycles. The first-order valence-electron chi connectivity index (χ1n) is 6.43. The Labute approximate surface area is 130 Å². The molecule has 2 aromatic heterocycles. The Morgan fingerprint density at radius 2 is 2.10 bits per heavy atom. The lowest BCUT2D eigenvalue weighted by molar-refractivity contribution is 0.112. The fourth-order valence-electron chi connectivity index (χ4n) is 2.21. The molecule has 6 heteroatoms. The Morgan fingerprint density at radius 1 is 1.29 bits per heavy atom. The molecule has 0 unspecified atom stereocenters. The minimum atomic E-state index is 0.561. The molecule has 0 saturated carbocycles. The van der Waals surface area contributed by atoms with Crippen molar-refractivity contribution in [1.82, 2.24) is 19.6 Å². The molecule has 21 heavy (non-hydrogen) atoms. The predicted molar refractivity (Wildman–Crippen MR) is 83.1 cm³/mol. The number of carbonyl (C=O) groups is 1. The van der Waals surface area contributed by atoms with Crippen molar-refractivity contribution in [2.24, 2.45) is 7.05 Å². The molecule has 106 valence electrons. The van der Waals surface area contributed by atoms with Gasteiger partial charge in [0, 0.05) is 23.9 Å². The molecule has 0 atom stereocenters. The zero-order valence-electron chi connectivity index (χ0n) is 11.4. The summed E-state index contributed by atoms with van der Waals surface area (Å²) in [5.74, 6) is 0. The standard InChI is InChI=1S/C15H13BrN4O/c1-19-14(6-7-17-19)15-12(10-21)9-20(18-15)8-11-4-2-3-5-13(11)16/h2-7,9-10H,8H2,1H3. The first-order valence-corrected chi connectivity index (χ1v) is 7.22. The van der Waals surface area contributed by atoms with Crippen molar-refractivity contribution < 1.29 is 4.79 Å². The van der Waals surface area contributed by atoms with E-state index in [9.17, 15) is 4.79 Å². The molecule has 3 rings (SSSR count). The van der Waals surface area contributed by atoms with E-state index in [1.54, 1.807) is 21.8 Å². The predicted octanol–water partition coefficient (Wildman–Crippen LogP) is 2.91. The van der Waals surface area contributed by atoms with E-state index in [0.717, 1.165) is 22.0 Å². The minimum absolute atomic E-state index is 0.561. The summed E-state index contributed by atoms with van der Waals surface area (Å²) in [5.41, 5.74) is 3.14. The van der Waals surface area contributed by atoms with Crippen LogP contribution in [0.4, 0.5) is 0 Å². The molecule has 0 aliphatic rings. The second-order valence-corrected chi connectivity index (χ2v) is 5.53. The van der Waals surface area contributed by atoms with E-state index in [2.05, 4.69) is 26.1 Å². The van der Waals surface area contributed by atoms with Gasteiger partial charge in [-0.1, -0.05) is 34.1 Å². The van der Waals surface area contributed by atoms with Crippen LogP contribution in [0, 0.1) is 0 Å². The maximum Gasteiger partial charge on any atom is 0.153 e. The number of hydrogen-bond donors (Lipinski definition) is 0. The molecular weight excluding hydrogens is 332 g/mol. The van der Waals surface area contributed by atoms with Crippen LogP contribution in [0.15, 0.2) is 47.2 Å². The smallest absolute Gasteiger partial charge is 0.153 e. The molecule has 0 aliphatic heterocycles. The second kappa shape index (κ2) is 5.65. The summed E-state index contributed by atoms with van der Waals surface area (Å²) in [4.78, 5) is 11.3. The van der Waals surface area contributed by atoms with Gasteiger partial charge in [-0.2, -0.15) is 10.2 Å². The van der Waals surface area contributed by atoms with Crippen molar-refractivity contribution in [1.29, 1.82) is 0 Å². The Morgan fingerprint density at radius 3 is 2.76 bits per heavy atom. The largest absolute Gasteiger partial charge is 0.298 e. The van der Waals surface area contributed by atoms with Crippen molar-refractivity contribution in [2.45, 2.75) is 6.54 Å². The molecule has 2 heterocycles. The van der Waals surface area contributed by atoms with Crippen LogP contribution in [-0.2, 0) is 13.6 Å². The molecule has 0 bridgehead atoms. The number of benzene rings is 1. The molecule has 0 fully saturated rings. The zero-order valence-corrected chi connectivity index (χ0v) is 13.0. The van der Waals surface area contributed by atoms with E-state index in [-0.39, 0.29) is 0 Å². The summed E-state index contributed by atoms with van der Waals surface area (Å²) in [6.07, 6.45) is 4.28. The Kier molecular flexibility index (Phi) is 3.70. The van der Waals surface area contributed by atoms with Crippen molar-refractivity contribution in [3.8, 4) is 11.4 Å². The lowest BCUT2D eigenvalue weighted by Crippen LogP contribution is -2.02. The third-order valence-corrected chi connectivity index (χ3v) is 4.04. The lowest BCUT2D eigenvalue weighted by atomic mass is 10.2. The topological polar surface area (TPSA) is 52.7 Å². The van der Waals surface area contributed by atoms with Crippen LogP contribution < -0.4 is 0 Å². The van der Waals surface area contributed by atoms with Crippen LogP contribution in [0.5, 0.6) is 0 Å². The van der Waals surface area contributed by atoms with E-state index in [0.29, 0.717) is 17.8 Å². The SMILES string of the molecule is Cn1nccc1-c1nn(Cc2ccccc2Br)cc1C=O. The third-order valence-electron chi connectivity index (χ3n) is 3.27. The quantitative estimate of drug-likeness (QED) is 0.684. The number of halogens is 1. The van der Waals surface area contributed by atoms with Gasteiger partial charge < -0.3 is 0 Å². The Bertz CT molecular complexity index is 791. The van der Waals surface area contributed by atoms with Crippen molar-refractivity contribution >= 4 is 22.2 Å². The maximum atomic E-state index is 11.3. The molecule has 0 N–H and O–H groups in total. The van der Waals surface area contributed by atoms with Crippen LogP contribution >= 0.6 is 15.9 Å². The van der Waals surface area contributed by atoms with Gasteiger partial charge in [-0.05, 0) is 17.7 Å². The molecule has 0 radical (unpaired) electrons. The monoisotopic (exact) mass is 344 g/mol. The van der Waals surface area contributed by atoms with Gasteiger partial charge in [0.15, 0.2) is 6.29 Å². The summed E-state index contributed by atoms with van der Waals surface area (Å²) in [6, 6.07) is 9.80. The molecular formula is C15H13BrN4O. The highest BCUT2D eigenvalue weighted by molar-refractivity contribution is 9.10. The van der Waals surface area contributed by atoms with Crippen LogP contribution in [-0.4, -0.2) is 25.8 Å². The summed E-state index contributed by atoms with van der Waals surface area (Å²) < 4.78 is 4.50. The molecule has 1 aromatic carbocycles. The number of aldehydes is 1. The Balaban J connectivity index is 1.99. The number of aromatic nitrogens is 4. The first-order chi connectivity index (χ1) is 10.2. The van der Waals surface area contributed by atoms with Gasteiger partial charge in [-0.3, -0.25) is 14.2 Å². The molecule has 0 aliphatic carbocycles. The highest BCUT2D eigenvalue weighted by Crippen LogP contribution is 2.22. The number of aryl methyl sites for hydroxylation is 1. The van der Waals surface area contributed by atoms with Gasteiger partial charge in [0.05, 0.1) is 17.8 Å². The van der Waals surface area contributed by atoms with Gasteiger partial charge in [-0.25, -0.2) is 0 Å². The number of rotatable bonds is 4. The van der Waals surface area contributed by atoms with Gasteiger partial charge in [0.25, 0.3) is 0 Å².